The zero-order chi connectivity index (χ0) is 20.0. The number of hydrogen-bond donors (Lipinski definition) is 2. The van der Waals surface area contributed by atoms with E-state index in [-0.39, 0.29) is 24.3 Å². The van der Waals surface area contributed by atoms with Crippen LogP contribution in [0.25, 0.3) is 0 Å². The fraction of sp³-hybridized carbons (Fsp3) is 0.250. The van der Waals surface area contributed by atoms with Crippen molar-refractivity contribution in [1.29, 1.82) is 0 Å². The van der Waals surface area contributed by atoms with Crippen LogP contribution in [-0.4, -0.2) is 62.3 Å². The molecule has 0 bridgehead atoms. The molecule has 0 unspecified atom stereocenters. The fourth-order valence-electron chi connectivity index (χ4n) is 2.40. The first-order valence-electron chi connectivity index (χ1n) is 8.45. The molecule has 2 N–H and O–H groups in total. The Morgan fingerprint density at radius 3 is 1.78 bits per heavy atom. The van der Waals surface area contributed by atoms with Gasteiger partial charge in [0, 0.05) is 50.7 Å². The van der Waals surface area contributed by atoms with Gasteiger partial charge in [0.15, 0.2) is 0 Å². The Balaban J connectivity index is 1.97. The molecule has 2 aromatic rings. The minimum atomic E-state index is -0.256. The lowest BCUT2D eigenvalue weighted by atomic mass is 10.1. The largest absolute Gasteiger partial charge is 0.376 e. The van der Waals surface area contributed by atoms with Crippen molar-refractivity contribution in [3.63, 3.8) is 0 Å². The van der Waals surface area contributed by atoms with Crippen LogP contribution in [0.5, 0.6) is 0 Å². The molecule has 0 aromatic heterocycles. The Labute approximate surface area is 159 Å². The van der Waals surface area contributed by atoms with E-state index in [1.54, 1.807) is 76.7 Å². The highest BCUT2D eigenvalue weighted by molar-refractivity contribution is 5.98. The quantitative estimate of drug-likeness (QED) is 0.819. The third-order valence-electron chi connectivity index (χ3n) is 3.77. The Morgan fingerprint density at radius 2 is 1.26 bits per heavy atom. The molecule has 3 amide bonds. The van der Waals surface area contributed by atoms with Crippen molar-refractivity contribution in [3.8, 4) is 0 Å². The van der Waals surface area contributed by atoms with Crippen LogP contribution in [0.4, 0.5) is 11.4 Å². The Morgan fingerprint density at radius 1 is 0.778 bits per heavy atom. The van der Waals surface area contributed by atoms with E-state index >= 15 is 0 Å². The van der Waals surface area contributed by atoms with Crippen molar-refractivity contribution in [1.82, 2.24) is 9.80 Å². The average Bonchev–Trinajstić information content (AvgIpc) is 2.65. The lowest BCUT2D eigenvalue weighted by Gasteiger charge is -2.13. The van der Waals surface area contributed by atoms with Gasteiger partial charge in [-0.05, 0) is 36.4 Å². The highest BCUT2D eigenvalue weighted by atomic mass is 16.2. The summed E-state index contributed by atoms with van der Waals surface area (Å²) in [5.41, 5.74) is 2.27. The zero-order valence-electron chi connectivity index (χ0n) is 15.9. The molecule has 0 fully saturated rings. The Bertz CT molecular complexity index is 847. The molecule has 27 heavy (non-hydrogen) atoms. The topological polar surface area (TPSA) is 81.8 Å². The molecule has 0 spiro atoms. The smallest absolute Gasteiger partial charge is 0.253 e. The Hall–Kier alpha value is -3.35. The first-order chi connectivity index (χ1) is 12.8. The molecule has 142 valence electrons. The van der Waals surface area contributed by atoms with Gasteiger partial charge in [-0.3, -0.25) is 14.4 Å². The summed E-state index contributed by atoms with van der Waals surface area (Å²) in [6, 6.07) is 13.7. The number of amides is 3. The highest BCUT2D eigenvalue weighted by Gasteiger charge is 2.11. The van der Waals surface area contributed by atoms with Crippen LogP contribution in [0, 0.1) is 0 Å². The summed E-state index contributed by atoms with van der Waals surface area (Å²) in [6.07, 6.45) is 0. The Kier molecular flexibility index (Phi) is 6.54. The number of carbonyl (C=O) groups excluding carboxylic acids is 3. The molecule has 0 aliphatic carbocycles. The van der Waals surface area contributed by atoms with Gasteiger partial charge in [-0.1, -0.05) is 12.1 Å². The monoisotopic (exact) mass is 368 g/mol. The highest BCUT2D eigenvalue weighted by Crippen LogP contribution is 2.14. The van der Waals surface area contributed by atoms with Gasteiger partial charge in [0.05, 0.1) is 6.54 Å². The van der Waals surface area contributed by atoms with Crippen molar-refractivity contribution >= 4 is 29.1 Å². The normalized spacial score (nSPS) is 10.1. The first-order valence-corrected chi connectivity index (χ1v) is 8.45. The lowest BCUT2D eigenvalue weighted by Crippen LogP contribution is -2.24. The minimum Gasteiger partial charge on any atom is -0.376 e. The van der Waals surface area contributed by atoms with E-state index in [1.807, 2.05) is 0 Å². The molecule has 2 aromatic carbocycles. The summed E-state index contributed by atoms with van der Waals surface area (Å²) in [5.74, 6) is -0.495. The van der Waals surface area contributed by atoms with Crippen LogP contribution in [0.2, 0.25) is 0 Å². The molecule has 0 heterocycles. The molecule has 7 heteroatoms. The van der Waals surface area contributed by atoms with E-state index in [2.05, 4.69) is 10.6 Å². The van der Waals surface area contributed by atoms with Crippen molar-refractivity contribution < 1.29 is 14.4 Å². The van der Waals surface area contributed by atoms with Crippen LogP contribution in [0.1, 0.15) is 20.7 Å². The predicted molar refractivity (Wildman–Crippen MR) is 106 cm³/mol. The number of benzene rings is 2. The van der Waals surface area contributed by atoms with Gasteiger partial charge in [0.25, 0.3) is 11.8 Å². The number of rotatable bonds is 6. The van der Waals surface area contributed by atoms with Crippen LogP contribution in [0.15, 0.2) is 48.5 Å². The number of anilines is 2. The number of nitrogens with zero attached hydrogens (tertiary/aromatic N) is 2. The van der Waals surface area contributed by atoms with Crippen molar-refractivity contribution in [3.05, 3.63) is 59.7 Å². The fourth-order valence-corrected chi connectivity index (χ4v) is 2.40. The van der Waals surface area contributed by atoms with E-state index in [9.17, 15) is 14.4 Å². The molecule has 2 rings (SSSR count). The summed E-state index contributed by atoms with van der Waals surface area (Å²) in [4.78, 5) is 39.2. The second-order valence-corrected chi connectivity index (χ2v) is 6.46. The van der Waals surface area contributed by atoms with Crippen molar-refractivity contribution in [2.24, 2.45) is 0 Å². The standard InChI is InChI=1S/C20H24N4O3/c1-23(2)19(26)14-7-5-9-16(11-14)21-13-18(25)22-17-10-6-8-15(12-17)20(27)24(3)4/h5-12,21H,13H2,1-4H3,(H,22,25). The summed E-state index contributed by atoms with van der Waals surface area (Å²) in [6.45, 7) is 0.0332. The molecule has 7 nitrogen and oxygen atoms in total. The molecule has 0 atom stereocenters. The van der Waals surface area contributed by atoms with E-state index in [0.717, 1.165) is 0 Å². The SMILES string of the molecule is CN(C)C(=O)c1cccc(NCC(=O)Nc2cccc(C(=O)N(C)C)c2)c1. The maximum Gasteiger partial charge on any atom is 0.253 e. The second kappa shape index (κ2) is 8.84. The van der Waals surface area contributed by atoms with Crippen molar-refractivity contribution in [2.45, 2.75) is 0 Å². The van der Waals surface area contributed by atoms with E-state index in [0.29, 0.717) is 22.5 Å². The number of hydrogen-bond acceptors (Lipinski definition) is 4. The molecule has 0 saturated carbocycles. The number of carbonyl (C=O) groups is 3. The third kappa shape index (κ3) is 5.57. The van der Waals surface area contributed by atoms with Gasteiger partial charge in [-0.25, -0.2) is 0 Å². The summed E-state index contributed by atoms with van der Waals surface area (Å²) < 4.78 is 0. The summed E-state index contributed by atoms with van der Waals surface area (Å²) in [5, 5.41) is 5.75. The van der Waals surface area contributed by atoms with Crippen LogP contribution in [-0.2, 0) is 4.79 Å². The number of nitrogens with one attached hydrogen (secondary N) is 2. The third-order valence-corrected chi connectivity index (χ3v) is 3.77. The van der Waals surface area contributed by atoms with Gasteiger partial charge in [-0.15, -0.1) is 0 Å². The maximum absolute atomic E-state index is 12.2. The molecule has 0 aliphatic heterocycles. The molecular formula is C20H24N4O3. The zero-order valence-corrected chi connectivity index (χ0v) is 15.9. The molecule has 0 radical (unpaired) electrons. The summed E-state index contributed by atoms with van der Waals surface area (Å²) in [7, 11) is 6.72. The molecular weight excluding hydrogens is 344 g/mol. The van der Waals surface area contributed by atoms with Gasteiger partial charge in [0.2, 0.25) is 5.91 Å². The summed E-state index contributed by atoms with van der Waals surface area (Å²) >= 11 is 0. The van der Waals surface area contributed by atoms with Gasteiger partial charge in [-0.2, -0.15) is 0 Å². The van der Waals surface area contributed by atoms with Gasteiger partial charge in [0.1, 0.15) is 0 Å². The van der Waals surface area contributed by atoms with Crippen LogP contribution >= 0.6 is 0 Å². The van der Waals surface area contributed by atoms with E-state index in [4.69, 9.17) is 0 Å². The predicted octanol–water partition coefficient (Wildman–Crippen LogP) is 2.14. The average molecular weight is 368 g/mol. The lowest BCUT2D eigenvalue weighted by molar-refractivity contribution is -0.114. The van der Waals surface area contributed by atoms with E-state index in [1.165, 1.54) is 9.80 Å². The van der Waals surface area contributed by atoms with E-state index < -0.39 is 0 Å². The van der Waals surface area contributed by atoms with Gasteiger partial charge >= 0.3 is 0 Å². The van der Waals surface area contributed by atoms with Crippen LogP contribution < -0.4 is 10.6 Å². The van der Waals surface area contributed by atoms with Crippen molar-refractivity contribution in [2.75, 3.05) is 45.4 Å². The molecule has 0 aliphatic rings. The molecule has 0 saturated heterocycles. The first kappa shape index (κ1) is 20.0. The van der Waals surface area contributed by atoms with Crippen LogP contribution in [0.3, 0.4) is 0 Å². The van der Waals surface area contributed by atoms with Gasteiger partial charge < -0.3 is 20.4 Å². The minimum absolute atomic E-state index is 0.0332. The second-order valence-electron chi connectivity index (χ2n) is 6.46. The maximum atomic E-state index is 12.2.